The molecule has 0 N–H and O–H groups in total. The lowest BCUT2D eigenvalue weighted by Crippen LogP contribution is -2.61. The Morgan fingerprint density at radius 1 is 0.470 bits per heavy atom. The summed E-state index contributed by atoms with van der Waals surface area (Å²) in [4.78, 5) is 5.17. The first-order chi connectivity index (χ1) is 31.4. The van der Waals surface area contributed by atoms with Gasteiger partial charge in [0.1, 0.15) is 5.58 Å². The summed E-state index contributed by atoms with van der Waals surface area (Å²) in [5, 5.41) is 4.77. The molecule has 9 aromatic rings. The normalized spacial score (nSPS) is 13.7. The second-order valence-corrected chi connectivity index (χ2v) is 22.9. The Bertz CT molecular complexity index is 3400. The van der Waals surface area contributed by atoms with Crippen LogP contribution in [0.4, 0.5) is 34.1 Å². The molecule has 11 rings (SSSR count). The quantitative estimate of drug-likeness (QED) is 0.164. The van der Waals surface area contributed by atoms with Crippen LogP contribution in [0.25, 0.3) is 43.3 Å². The van der Waals surface area contributed by atoms with Crippen molar-refractivity contribution in [3.05, 3.63) is 172 Å². The Hall–Kier alpha value is -6.30. The topological polar surface area (TPSA) is 19.6 Å². The van der Waals surface area contributed by atoms with Gasteiger partial charge in [-0.25, -0.2) is 0 Å². The van der Waals surface area contributed by atoms with E-state index < -0.39 is 0 Å². The van der Waals surface area contributed by atoms with Crippen molar-refractivity contribution in [2.24, 2.45) is 0 Å². The summed E-state index contributed by atoms with van der Waals surface area (Å²) >= 11 is 1.82. The first-order valence-corrected chi connectivity index (χ1v) is 24.5. The van der Waals surface area contributed by atoms with Crippen molar-refractivity contribution in [1.29, 1.82) is 0 Å². The third kappa shape index (κ3) is 6.60. The number of hydrogen-bond acceptors (Lipinski definition) is 4. The van der Waals surface area contributed by atoms with E-state index in [1.165, 1.54) is 105 Å². The fraction of sp³-hybridized carbons (Fsp3) is 0.246. The van der Waals surface area contributed by atoms with Gasteiger partial charge in [0.2, 0.25) is 0 Å². The number of anilines is 6. The van der Waals surface area contributed by atoms with Crippen LogP contribution in [0, 0.1) is 20.8 Å². The van der Waals surface area contributed by atoms with E-state index in [-0.39, 0.29) is 23.0 Å². The van der Waals surface area contributed by atoms with E-state index in [0.717, 1.165) is 22.3 Å². The highest BCUT2D eigenvalue weighted by atomic mass is 32.1. The van der Waals surface area contributed by atoms with Crippen LogP contribution in [0.2, 0.25) is 0 Å². The molecule has 0 saturated carbocycles. The highest BCUT2D eigenvalue weighted by Gasteiger charge is 2.48. The lowest BCUT2D eigenvalue weighted by Gasteiger charge is -2.44. The molecule has 0 aliphatic carbocycles. The lowest BCUT2D eigenvalue weighted by atomic mass is 9.35. The summed E-state index contributed by atoms with van der Waals surface area (Å²) in [6.07, 6.45) is 0. The zero-order valence-electron chi connectivity index (χ0n) is 40.6. The van der Waals surface area contributed by atoms with Crippen molar-refractivity contribution in [2.75, 3.05) is 9.80 Å². The van der Waals surface area contributed by atoms with Gasteiger partial charge < -0.3 is 14.2 Å². The van der Waals surface area contributed by atoms with Crippen molar-refractivity contribution in [3.8, 4) is 22.3 Å². The molecule has 328 valence electrons. The first kappa shape index (κ1) is 42.3. The number of nitrogens with zero attached hydrogens (tertiary/aromatic N) is 2. The number of aryl methyl sites for hydroxylation is 3. The molecule has 3 nitrogen and oxygen atoms in total. The van der Waals surface area contributed by atoms with Gasteiger partial charge in [-0.1, -0.05) is 153 Å². The maximum Gasteiger partial charge on any atom is 0.297 e. The summed E-state index contributed by atoms with van der Waals surface area (Å²) < 4.78 is 8.73. The summed E-state index contributed by atoms with van der Waals surface area (Å²) in [6, 6.07) is 50.6. The van der Waals surface area contributed by atoms with E-state index in [0.29, 0.717) is 0 Å². The highest BCUT2D eigenvalue weighted by Crippen LogP contribution is 2.52. The molecule has 5 heteroatoms. The van der Waals surface area contributed by atoms with Gasteiger partial charge >= 0.3 is 0 Å². The summed E-state index contributed by atoms with van der Waals surface area (Å²) in [5.41, 5.74) is 24.1. The smallest absolute Gasteiger partial charge is 0.297 e. The number of thiophene rings is 1. The Kier molecular flexibility index (Phi) is 9.53. The molecule has 2 aromatic heterocycles. The number of fused-ring (bicyclic) bond motifs is 7. The molecule has 0 unspecified atom stereocenters. The fourth-order valence-electron chi connectivity index (χ4n) is 10.8. The molecule has 0 atom stereocenters. The summed E-state index contributed by atoms with van der Waals surface area (Å²) in [7, 11) is 0. The lowest BCUT2D eigenvalue weighted by molar-refractivity contribution is 0.589. The fourth-order valence-corrected chi connectivity index (χ4v) is 11.8. The molecule has 66 heavy (non-hydrogen) atoms. The molecule has 0 radical (unpaired) electrons. The minimum atomic E-state index is -0.173. The number of benzene rings is 7. The van der Waals surface area contributed by atoms with Gasteiger partial charge in [-0.05, 0) is 140 Å². The van der Waals surface area contributed by atoms with Gasteiger partial charge in [-0.15, -0.1) is 11.3 Å². The maximum atomic E-state index is 7.43. The number of hydrogen-bond donors (Lipinski definition) is 0. The largest absolute Gasteiger partial charge is 0.468 e. The average Bonchev–Trinajstić information content (AvgIpc) is 3.88. The molecule has 0 spiro atoms. The molecule has 0 fully saturated rings. The van der Waals surface area contributed by atoms with E-state index >= 15 is 0 Å². The first-order valence-electron chi connectivity index (χ1n) is 23.6. The van der Waals surface area contributed by atoms with Gasteiger partial charge in [-0.2, -0.15) is 0 Å². The zero-order chi connectivity index (χ0) is 46.2. The molecule has 0 bridgehead atoms. The predicted molar refractivity (Wildman–Crippen MR) is 287 cm³/mol. The zero-order valence-corrected chi connectivity index (χ0v) is 41.4. The molecule has 7 aromatic carbocycles. The maximum absolute atomic E-state index is 7.43. The van der Waals surface area contributed by atoms with Gasteiger partial charge in [0.05, 0.1) is 22.7 Å². The third-order valence-corrected chi connectivity index (χ3v) is 15.3. The van der Waals surface area contributed by atoms with E-state index in [9.17, 15) is 0 Å². The van der Waals surface area contributed by atoms with Crippen molar-refractivity contribution < 1.29 is 4.42 Å². The van der Waals surface area contributed by atoms with Crippen molar-refractivity contribution in [1.82, 2.24) is 0 Å². The summed E-state index contributed by atoms with van der Waals surface area (Å²) in [5.74, 6) is 0. The molecule has 2 aliphatic rings. The monoisotopic (exact) mass is 878 g/mol. The number of rotatable bonds is 4. The molecular weight excluding hydrogens is 820 g/mol. The van der Waals surface area contributed by atoms with Crippen LogP contribution in [0.3, 0.4) is 0 Å². The van der Waals surface area contributed by atoms with Crippen LogP contribution >= 0.6 is 11.3 Å². The van der Waals surface area contributed by atoms with E-state index in [2.05, 4.69) is 232 Å². The Balaban J connectivity index is 1.27. The average molecular weight is 879 g/mol. The molecule has 2 aliphatic heterocycles. The Morgan fingerprint density at radius 3 is 1.77 bits per heavy atom. The second kappa shape index (κ2) is 14.9. The van der Waals surface area contributed by atoms with Gasteiger partial charge in [0.25, 0.3) is 6.71 Å². The standard InChI is InChI=1S/C61H59BN2OS/c1-36-29-42(60(7,8)9)30-37(2)55(36)64-51-23-18-22-50-54(51)62(58-57(64)46-33-41(59(4,5)6)26-28-52(46)65-58)48-32-40(47-35-66-53-24-17-16-21-44(47)53)25-27-49(48)63(50)56-38(3)31-43(61(10,11)12)34-45(56)39-19-14-13-15-20-39/h13-35H,1-12H3. The van der Waals surface area contributed by atoms with Crippen molar-refractivity contribution >= 4 is 89.8 Å². The van der Waals surface area contributed by atoms with Gasteiger partial charge in [0, 0.05) is 43.7 Å². The van der Waals surface area contributed by atoms with Gasteiger partial charge in [0.15, 0.2) is 0 Å². The van der Waals surface area contributed by atoms with Crippen LogP contribution in [0.15, 0.2) is 143 Å². The SMILES string of the molecule is Cc1cc(C(C)(C)C)cc(C)c1N1c2cccc3c2B(c2cc(-c4csc5ccccc45)ccc2N3c2c(C)cc(C(C)(C)C)cc2-c2ccccc2)c2oc3ccc(C(C)(C)C)cc3c21. The Morgan fingerprint density at radius 2 is 1.09 bits per heavy atom. The van der Waals surface area contributed by atoms with Crippen molar-refractivity contribution in [2.45, 2.75) is 99.3 Å². The summed E-state index contributed by atoms with van der Waals surface area (Å²) in [6.45, 7) is 27.6. The number of furan rings is 1. The second-order valence-electron chi connectivity index (χ2n) is 22.0. The molecule has 4 heterocycles. The van der Waals surface area contributed by atoms with E-state index in [1.807, 2.05) is 11.3 Å². The van der Waals surface area contributed by atoms with E-state index in [4.69, 9.17) is 4.42 Å². The van der Waals surface area contributed by atoms with Crippen LogP contribution < -0.4 is 26.4 Å². The van der Waals surface area contributed by atoms with Crippen LogP contribution in [-0.4, -0.2) is 6.71 Å². The predicted octanol–water partition coefficient (Wildman–Crippen LogP) is 15.9. The van der Waals surface area contributed by atoms with Crippen molar-refractivity contribution in [3.63, 3.8) is 0 Å². The van der Waals surface area contributed by atoms with Crippen LogP contribution in [-0.2, 0) is 16.2 Å². The minimum Gasteiger partial charge on any atom is -0.468 e. The molecular formula is C61H59BN2OS. The van der Waals surface area contributed by atoms with Gasteiger partial charge in [-0.3, -0.25) is 0 Å². The Labute approximate surface area is 395 Å². The third-order valence-electron chi connectivity index (χ3n) is 14.3. The van der Waals surface area contributed by atoms with Crippen LogP contribution in [0.5, 0.6) is 0 Å². The minimum absolute atomic E-state index is 0.00855. The highest BCUT2D eigenvalue weighted by molar-refractivity contribution is 7.17. The molecule has 0 saturated heterocycles. The molecule has 0 amide bonds. The van der Waals surface area contributed by atoms with Crippen LogP contribution in [0.1, 0.15) is 95.7 Å². The van der Waals surface area contributed by atoms with E-state index in [1.54, 1.807) is 0 Å².